The highest BCUT2D eigenvalue weighted by molar-refractivity contribution is 5.69. The van der Waals surface area contributed by atoms with E-state index in [0.717, 1.165) is 19.5 Å². The summed E-state index contributed by atoms with van der Waals surface area (Å²) in [4.78, 5) is 2.41. The summed E-state index contributed by atoms with van der Waals surface area (Å²) in [5.74, 6) is 0. The minimum atomic E-state index is 0.417. The lowest BCUT2D eigenvalue weighted by Crippen LogP contribution is -2.18. The first-order chi connectivity index (χ1) is 9.79. The number of fused-ring (bicyclic) bond motifs is 1. The second kappa shape index (κ2) is 5.68. The number of nitrogens with one attached hydrogen (secondary N) is 1. The zero-order valence-corrected chi connectivity index (χ0v) is 12.3. The molecule has 1 aliphatic heterocycles. The van der Waals surface area contributed by atoms with Crippen LogP contribution in [-0.2, 0) is 6.42 Å². The lowest BCUT2D eigenvalue weighted by Gasteiger charge is -2.21. The van der Waals surface area contributed by atoms with E-state index in [2.05, 4.69) is 72.6 Å². The fraction of sp³-hybridized carbons (Fsp3) is 0.333. The van der Waals surface area contributed by atoms with Crippen LogP contribution >= 0.6 is 0 Å². The number of nitrogens with zero attached hydrogens (tertiary/aromatic N) is 1. The number of hydrogen-bond donors (Lipinski definition) is 1. The van der Waals surface area contributed by atoms with E-state index < -0.39 is 0 Å². The van der Waals surface area contributed by atoms with Crippen LogP contribution in [-0.4, -0.2) is 13.1 Å². The predicted octanol–water partition coefficient (Wildman–Crippen LogP) is 4.05. The monoisotopic (exact) mass is 266 g/mol. The number of hydrogen-bond acceptors (Lipinski definition) is 2. The van der Waals surface area contributed by atoms with Crippen molar-refractivity contribution in [3.63, 3.8) is 0 Å². The molecule has 0 aliphatic carbocycles. The fourth-order valence-electron chi connectivity index (χ4n) is 2.97. The molecule has 0 aromatic heterocycles. The fourth-order valence-corrected chi connectivity index (χ4v) is 2.97. The molecule has 1 atom stereocenters. The lowest BCUT2D eigenvalue weighted by atomic mass is 10.1. The molecule has 0 amide bonds. The number of rotatable bonds is 4. The molecule has 2 nitrogen and oxygen atoms in total. The molecule has 0 saturated heterocycles. The quantitative estimate of drug-likeness (QED) is 0.898. The Balaban J connectivity index is 1.82. The third kappa shape index (κ3) is 2.44. The number of para-hydroxylation sites is 1. The summed E-state index contributed by atoms with van der Waals surface area (Å²) in [6.07, 6.45) is 1.14. The highest BCUT2D eigenvalue weighted by atomic mass is 15.2. The van der Waals surface area contributed by atoms with Gasteiger partial charge in [0.25, 0.3) is 0 Å². The van der Waals surface area contributed by atoms with Gasteiger partial charge in [0.05, 0.1) is 0 Å². The van der Waals surface area contributed by atoms with Crippen molar-refractivity contribution in [2.75, 3.05) is 18.0 Å². The Morgan fingerprint density at radius 2 is 1.85 bits per heavy atom. The van der Waals surface area contributed by atoms with E-state index in [1.54, 1.807) is 0 Å². The summed E-state index contributed by atoms with van der Waals surface area (Å²) >= 11 is 0. The molecule has 1 unspecified atom stereocenters. The van der Waals surface area contributed by atoms with Crippen LogP contribution in [0.2, 0.25) is 0 Å². The molecule has 0 spiro atoms. The van der Waals surface area contributed by atoms with Gasteiger partial charge in [0.15, 0.2) is 0 Å². The molecule has 2 heteroatoms. The van der Waals surface area contributed by atoms with Gasteiger partial charge in [0, 0.05) is 24.0 Å². The van der Waals surface area contributed by atoms with Gasteiger partial charge in [-0.05, 0) is 49.2 Å². The molecule has 20 heavy (non-hydrogen) atoms. The van der Waals surface area contributed by atoms with Gasteiger partial charge in [-0.3, -0.25) is 0 Å². The average Bonchev–Trinajstić information content (AvgIpc) is 2.92. The molecule has 3 rings (SSSR count). The Morgan fingerprint density at radius 1 is 1.10 bits per heavy atom. The molecule has 0 saturated carbocycles. The Hall–Kier alpha value is -1.80. The second-order valence-corrected chi connectivity index (χ2v) is 5.40. The zero-order chi connectivity index (χ0) is 13.9. The molecule has 1 N–H and O–H groups in total. The van der Waals surface area contributed by atoms with Crippen molar-refractivity contribution in [1.29, 1.82) is 0 Å². The molecule has 0 radical (unpaired) electrons. The topological polar surface area (TPSA) is 15.3 Å². The molecule has 0 bridgehead atoms. The van der Waals surface area contributed by atoms with E-state index >= 15 is 0 Å². The minimum Gasteiger partial charge on any atom is -0.341 e. The van der Waals surface area contributed by atoms with Crippen molar-refractivity contribution >= 4 is 11.4 Å². The van der Waals surface area contributed by atoms with E-state index in [9.17, 15) is 0 Å². The van der Waals surface area contributed by atoms with E-state index in [1.165, 1.54) is 22.5 Å². The predicted molar refractivity (Wildman–Crippen MR) is 85.7 cm³/mol. The molecule has 1 heterocycles. The Labute approximate surface area is 121 Å². The van der Waals surface area contributed by atoms with Gasteiger partial charge in [-0.25, -0.2) is 0 Å². The van der Waals surface area contributed by atoms with E-state index in [1.807, 2.05) is 0 Å². The first-order valence-electron chi connectivity index (χ1n) is 7.48. The molecular formula is C18H22N2. The standard InChI is InChI=1S/C18H22N2/c1-3-19-14(2)15-8-10-17(11-9-15)20-13-12-16-6-4-5-7-18(16)20/h4-11,14,19H,3,12-13H2,1-2H3. The highest BCUT2D eigenvalue weighted by Gasteiger charge is 2.19. The second-order valence-electron chi connectivity index (χ2n) is 5.40. The van der Waals surface area contributed by atoms with Gasteiger partial charge >= 0.3 is 0 Å². The Kier molecular flexibility index (Phi) is 3.75. The van der Waals surface area contributed by atoms with E-state index in [-0.39, 0.29) is 0 Å². The molecule has 2 aromatic rings. The van der Waals surface area contributed by atoms with Crippen LogP contribution in [0.4, 0.5) is 11.4 Å². The van der Waals surface area contributed by atoms with Crippen LogP contribution < -0.4 is 10.2 Å². The van der Waals surface area contributed by atoms with Crippen molar-refractivity contribution < 1.29 is 0 Å². The number of anilines is 2. The van der Waals surface area contributed by atoms with Gasteiger partial charge in [-0.15, -0.1) is 0 Å². The third-order valence-electron chi connectivity index (χ3n) is 4.10. The Morgan fingerprint density at radius 3 is 2.60 bits per heavy atom. The minimum absolute atomic E-state index is 0.417. The van der Waals surface area contributed by atoms with Gasteiger partial charge in [-0.2, -0.15) is 0 Å². The summed E-state index contributed by atoms with van der Waals surface area (Å²) in [6, 6.07) is 18.1. The number of benzene rings is 2. The lowest BCUT2D eigenvalue weighted by molar-refractivity contribution is 0.598. The van der Waals surface area contributed by atoms with Gasteiger partial charge in [0.1, 0.15) is 0 Å². The van der Waals surface area contributed by atoms with Crippen molar-refractivity contribution in [3.8, 4) is 0 Å². The normalized spacial score (nSPS) is 15.2. The van der Waals surface area contributed by atoms with Gasteiger partial charge < -0.3 is 10.2 Å². The van der Waals surface area contributed by atoms with E-state index in [0.29, 0.717) is 6.04 Å². The maximum atomic E-state index is 3.45. The highest BCUT2D eigenvalue weighted by Crippen LogP contribution is 2.34. The molecule has 1 aliphatic rings. The largest absolute Gasteiger partial charge is 0.341 e. The Bertz CT molecular complexity index is 574. The van der Waals surface area contributed by atoms with Crippen LogP contribution in [0.3, 0.4) is 0 Å². The first-order valence-corrected chi connectivity index (χ1v) is 7.48. The SMILES string of the molecule is CCNC(C)c1ccc(N2CCc3ccccc32)cc1. The molecule has 0 fully saturated rings. The molecule has 2 aromatic carbocycles. The van der Waals surface area contributed by atoms with Gasteiger partial charge in [0.2, 0.25) is 0 Å². The van der Waals surface area contributed by atoms with Crippen molar-refractivity contribution in [3.05, 3.63) is 59.7 Å². The third-order valence-corrected chi connectivity index (χ3v) is 4.10. The smallest absolute Gasteiger partial charge is 0.0444 e. The molecule has 104 valence electrons. The maximum Gasteiger partial charge on any atom is 0.0444 e. The van der Waals surface area contributed by atoms with Crippen molar-refractivity contribution in [2.24, 2.45) is 0 Å². The van der Waals surface area contributed by atoms with Crippen LogP contribution in [0.1, 0.15) is 31.0 Å². The van der Waals surface area contributed by atoms with Crippen LogP contribution in [0.5, 0.6) is 0 Å². The average molecular weight is 266 g/mol. The van der Waals surface area contributed by atoms with Crippen LogP contribution in [0.25, 0.3) is 0 Å². The first kappa shape index (κ1) is 13.2. The van der Waals surface area contributed by atoms with Crippen molar-refractivity contribution in [2.45, 2.75) is 26.3 Å². The van der Waals surface area contributed by atoms with Gasteiger partial charge in [-0.1, -0.05) is 37.3 Å². The van der Waals surface area contributed by atoms with Crippen molar-refractivity contribution in [1.82, 2.24) is 5.32 Å². The molecular weight excluding hydrogens is 244 g/mol. The summed E-state index contributed by atoms with van der Waals surface area (Å²) in [7, 11) is 0. The van der Waals surface area contributed by atoms with E-state index in [4.69, 9.17) is 0 Å². The summed E-state index contributed by atoms with van der Waals surface area (Å²) < 4.78 is 0. The summed E-state index contributed by atoms with van der Waals surface area (Å²) in [6.45, 7) is 6.44. The summed E-state index contributed by atoms with van der Waals surface area (Å²) in [5.41, 5.74) is 5.46. The van der Waals surface area contributed by atoms with Crippen LogP contribution in [0, 0.1) is 0 Å². The summed E-state index contributed by atoms with van der Waals surface area (Å²) in [5, 5.41) is 3.45. The maximum absolute atomic E-state index is 3.45. The van der Waals surface area contributed by atoms with Crippen LogP contribution in [0.15, 0.2) is 48.5 Å². The zero-order valence-electron chi connectivity index (χ0n) is 12.3.